The molecular formula is C15H21NO2. The van der Waals surface area contributed by atoms with Gasteiger partial charge in [0.2, 0.25) is 0 Å². The Morgan fingerprint density at radius 1 is 1.39 bits per heavy atom. The molecule has 2 rings (SSSR count). The number of nitrogens with one attached hydrogen (secondary N) is 1. The number of benzene rings is 1. The number of carbonyl (C=O) groups is 1. The highest BCUT2D eigenvalue weighted by molar-refractivity contribution is 5.85. The van der Waals surface area contributed by atoms with E-state index in [9.17, 15) is 4.79 Å². The molecule has 0 spiro atoms. The van der Waals surface area contributed by atoms with E-state index in [1.54, 1.807) is 0 Å². The van der Waals surface area contributed by atoms with Crippen molar-refractivity contribution in [3.05, 3.63) is 29.8 Å². The summed E-state index contributed by atoms with van der Waals surface area (Å²) in [7, 11) is 0. The van der Waals surface area contributed by atoms with Crippen LogP contribution in [-0.4, -0.2) is 18.1 Å². The maximum absolute atomic E-state index is 12.1. The van der Waals surface area contributed by atoms with Crippen molar-refractivity contribution in [2.45, 2.75) is 39.2 Å². The Morgan fingerprint density at radius 2 is 2.00 bits per heavy atom. The fourth-order valence-corrected chi connectivity index (χ4v) is 2.20. The summed E-state index contributed by atoms with van der Waals surface area (Å²) >= 11 is 0. The van der Waals surface area contributed by atoms with Gasteiger partial charge in [0.25, 0.3) is 0 Å². The van der Waals surface area contributed by atoms with Crippen LogP contribution >= 0.6 is 0 Å². The zero-order valence-corrected chi connectivity index (χ0v) is 11.3. The second-order valence-electron chi connectivity index (χ2n) is 5.19. The van der Waals surface area contributed by atoms with Crippen LogP contribution in [0.1, 0.15) is 32.3 Å². The normalized spacial score (nSPS) is 17.9. The van der Waals surface area contributed by atoms with E-state index >= 15 is 0 Å². The lowest BCUT2D eigenvalue weighted by Crippen LogP contribution is -2.46. The molecule has 1 atom stereocenters. The Bertz CT molecular complexity index is 423. The highest BCUT2D eigenvalue weighted by atomic mass is 16.5. The molecule has 3 heteroatoms. The van der Waals surface area contributed by atoms with Crippen LogP contribution < -0.4 is 5.32 Å². The molecule has 0 saturated heterocycles. The van der Waals surface area contributed by atoms with Gasteiger partial charge >= 0.3 is 5.97 Å². The third-order valence-corrected chi connectivity index (χ3v) is 3.55. The average Bonchev–Trinajstić information content (AvgIpc) is 3.16. The van der Waals surface area contributed by atoms with Gasteiger partial charge in [0.1, 0.15) is 5.54 Å². The smallest absolute Gasteiger partial charge is 0.331 e. The summed E-state index contributed by atoms with van der Waals surface area (Å²) in [4.78, 5) is 12.1. The molecule has 0 aromatic heterocycles. The first-order valence-corrected chi connectivity index (χ1v) is 6.58. The van der Waals surface area contributed by atoms with E-state index in [1.165, 1.54) is 5.56 Å². The van der Waals surface area contributed by atoms with Gasteiger partial charge in [0.15, 0.2) is 0 Å². The van der Waals surface area contributed by atoms with E-state index in [0.29, 0.717) is 12.5 Å². The van der Waals surface area contributed by atoms with Crippen molar-refractivity contribution in [2.24, 2.45) is 5.92 Å². The fourth-order valence-electron chi connectivity index (χ4n) is 2.20. The minimum atomic E-state index is -0.592. The molecule has 1 aromatic carbocycles. The molecule has 98 valence electrons. The topological polar surface area (TPSA) is 38.3 Å². The quantitative estimate of drug-likeness (QED) is 0.812. The summed E-state index contributed by atoms with van der Waals surface area (Å²) < 4.78 is 5.20. The second-order valence-corrected chi connectivity index (χ2v) is 5.19. The monoisotopic (exact) mass is 247 g/mol. The molecule has 1 aliphatic carbocycles. The lowest BCUT2D eigenvalue weighted by molar-refractivity contribution is -0.148. The van der Waals surface area contributed by atoms with Gasteiger partial charge in [-0.05, 0) is 51.7 Å². The summed E-state index contributed by atoms with van der Waals surface area (Å²) in [5.74, 6) is 0.242. The van der Waals surface area contributed by atoms with Gasteiger partial charge in [0.05, 0.1) is 6.61 Å². The Balaban J connectivity index is 2.15. The van der Waals surface area contributed by atoms with Crippen LogP contribution in [0.5, 0.6) is 0 Å². The van der Waals surface area contributed by atoms with Gasteiger partial charge in [-0.25, -0.2) is 4.79 Å². The largest absolute Gasteiger partial charge is 0.464 e. The van der Waals surface area contributed by atoms with E-state index in [4.69, 9.17) is 4.74 Å². The highest BCUT2D eigenvalue weighted by Crippen LogP contribution is 2.42. The molecule has 3 nitrogen and oxygen atoms in total. The van der Waals surface area contributed by atoms with Gasteiger partial charge in [-0.1, -0.05) is 17.7 Å². The minimum absolute atomic E-state index is 0.145. The molecule has 1 aromatic rings. The van der Waals surface area contributed by atoms with E-state index in [2.05, 4.69) is 12.2 Å². The lowest BCUT2D eigenvalue weighted by Gasteiger charge is -2.29. The zero-order valence-electron chi connectivity index (χ0n) is 11.3. The van der Waals surface area contributed by atoms with Crippen LogP contribution in [-0.2, 0) is 9.53 Å². The molecule has 0 aliphatic heterocycles. The van der Waals surface area contributed by atoms with Crippen LogP contribution in [0.15, 0.2) is 24.3 Å². The minimum Gasteiger partial charge on any atom is -0.464 e. The van der Waals surface area contributed by atoms with Crippen LogP contribution in [0.3, 0.4) is 0 Å². The number of aryl methyl sites for hydroxylation is 1. The number of carbonyl (C=O) groups excluding carboxylic acids is 1. The van der Waals surface area contributed by atoms with Gasteiger partial charge in [0, 0.05) is 5.69 Å². The molecule has 1 fully saturated rings. The molecule has 1 aliphatic rings. The molecule has 0 heterocycles. The maximum atomic E-state index is 12.1. The second kappa shape index (κ2) is 5.01. The fraction of sp³-hybridized carbons (Fsp3) is 0.533. The number of ether oxygens (including phenoxy) is 1. The molecule has 0 amide bonds. The third kappa shape index (κ3) is 2.66. The zero-order chi connectivity index (χ0) is 13.2. The van der Waals surface area contributed by atoms with Gasteiger partial charge in [-0.2, -0.15) is 0 Å². The molecule has 0 radical (unpaired) electrons. The summed E-state index contributed by atoms with van der Waals surface area (Å²) in [6.45, 7) is 6.27. The molecular weight excluding hydrogens is 226 g/mol. The number of esters is 1. The standard InChI is InChI=1S/C15H21NO2/c1-4-18-14(17)15(3,12-7-8-12)16-13-9-5-11(2)6-10-13/h5-6,9-10,12,16H,4,7-8H2,1-3H3. The van der Waals surface area contributed by atoms with E-state index in [0.717, 1.165) is 18.5 Å². The summed E-state index contributed by atoms with van der Waals surface area (Å²) in [5, 5.41) is 3.35. The van der Waals surface area contributed by atoms with Crippen LogP contribution in [0.25, 0.3) is 0 Å². The van der Waals surface area contributed by atoms with E-state index in [-0.39, 0.29) is 5.97 Å². The lowest BCUT2D eigenvalue weighted by atomic mass is 9.95. The molecule has 0 bridgehead atoms. The van der Waals surface area contributed by atoms with E-state index in [1.807, 2.05) is 38.1 Å². The Hall–Kier alpha value is -1.51. The van der Waals surface area contributed by atoms with Crippen molar-refractivity contribution < 1.29 is 9.53 Å². The van der Waals surface area contributed by atoms with Crippen molar-refractivity contribution in [1.29, 1.82) is 0 Å². The molecule has 1 N–H and O–H groups in total. The first-order chi connectivity index (χ1) is 8.56. The molecule has 18 heavy (non-hydrogen) atoms. The van der Waals surface area contributed by atoms with Crippen LogP contribution in [0.2, 0.25) is 0 Å². The number of hydrogen-bond acceptors (Lipinski definition) is 3. The number of hydrogen-bond donors (Lipinski definition) is 1. The van der Waals surface area contributed by atoms with E-state index < -0.39 is 5.54 Å². The average molecular weight is 247 g/mol. The first-order valence-electron chi connectivity index (χ1n) is 6.58. The Morgan fingerprint density at radius 3 is 2.50 bits per heavy atom. The molecule has 1 saturated carbocycles. The molecule has 1 unspecified atom stereocenters. The van der Waals surface area contributed by atoms with Crippen LogP contribution in [0.4, 0.5) is 5.69 Å². The summed E-state index contributed by atoms with van der Waals surface area (Å²) in [6, 6.07) is 8.10. The van der Waals surface area contributed by atoms with Crippen molar-refractivity contribution in [3.63, 3.8) is 0 Å². The van der Waals surface area contributed by atoms with Crippen molar-refractivity contribution >= 4 is 11.7 Å². The predicted molar refractivity (Wildman–Crippen MR) is 72.6 cm³/mol. The summed E-state index contributed by atoms with van der Waals surface area (Å²) in [5.41, 5.74) is 1.60. The maximum Gasteiger partial charge on any atom is 0.331 e. The Labute approximate surface area is 109 Å². The third-order valence-electron chi connectivity index (χ3n) is 3.55. The number of rotatable bonds is 5. The highest BCUT2D eigenvalue weighted by Gasteiger charge is 2.48. The van der Waals surface area contributed by atoms with Crippen molar-refractivity contribution in [3.8, 4) is 0 Å². The number of anilines is 1. The first kappa shape index (κ1) is 12.9. The van der Waals surface area contributed by atoms with Crippen LogP contribution in [0, 0.1) is 12.8 Å². The Kier molecular flexibility index (Phi) is 3.60. The van der Waals surface area contributed by atoms with Gasteiger partial charge in [-0.15, -0.1) is 0 Å². The van der Waals surface area contributed by atoms with Gasteiger partial charge < -0.3 is 10.1 Å². The predicted octanol–water partition coefficient (Wildman–Crippen LogP) is 3.14. The van der Waals surface area contributed by atoms with Crippen molar-refractivity contribution in [1.82, 2.24) is 0 Å². The van der Waals surface area contributed by atoms with Gasteiger partial charge in [-0.3, -0.25) is 0 Å². The van der Waals surface area contributed by atoms with Crippen molar-refractivity contribution in [2.75, 3.05) is 11.9 Å². The summed E-state index contributed by atoms with van der Waals surface area (Å²) in [6.07, 6.45) is 2.18. The SMILES string of the molecule is CCOC(=O)C(C)(Nc1ccc(C)cc1)C1CC1.